The van der Waals surface area contributed by atoms with Crippen molar-refractivity contribution in [1.82, 2.24) is 9.88 Å². The molecule has 0 spiro atoms. The highest BCUT2D eigenvalue weighted by molar-refractivity contribution is 5.90. The van der Waals surface area contributed by atoms with Crippen LogP contribution in [0.15, 0.2) is 48.8 Å². The van der Waals surface area contributed by atoms with Gasteiger partial charge < -0.3 is 15.0 Å². The largest absolute Gasteiger partial charge is 0.489 e. The number of hydrogen-bond donors (Lipinski definition) is 1. The molecule has 2 bridgehead atoms. The van der Waals surface area contributed by atoms with Crippen molar-refractivity contribution in [3.8, 4) is 5.75 Å². The summed E-state index contributed by atoms with van der Waals surface area (Å²) >= 11 is 0. The number of urea groups is 1. The Hall–Kier alpha value is -2.77. The highest BCUT2D eigenvalue weighted by Gasteiger charge is 2.44. The number of alkyl halides is 3. The second-order valence-electron chi connectivity index (χ2n) is 7.20. The van der Waals surface area contributed by atoms with Gasteiger partial charge in [0.25, 0.3) is 0 Å². The minimum absolute atomic E-state index is 0.0248. The second kappa shape index (κ2) is 7.33. The third-order valence-electron chi connectivity index (χ3n) is 5.32. The number of hydrogen-bond acceptors (Lipinski definition) is 3. The number of nitrogens with one attached hydrogen (secondary N) is 1. The fraction of sp³-hybridized carbons (Fsp3) is 0.400. The van der Waals surface area contributed by atoms with Crippen LogP contribution < -0.4 is 10.1 Å². The minimum Gasteiger partial charge on any atom is -0.489 e. The number of piperidine rings is 1. The SMILES string of the molecule is O=C(Nc1ccc(C(F)(F)F)cc1)N1C2CCC1CC(Oc1cccnc1)C2. The van der Waals surface area contributed by atoms with E-state index >= 15 is 0 Å². The first-order valence-electron chi connectivity index (χ1n) is 9.23. The van der Waals surface area contributed by atoms with E-state index in [0.717, 1.165) is 43.6 Å². The molecule has 2 unspecified atom stereocenters. The Morgan fingerprint density at radius 3 is 2.36 bits per heavy atom. The van der Waals surface area contributed by atoms with Gasteiger partial charge in [0, 0.05) is 36.8 Å². The molecule has 2 atom stereocenters. The molecule has 0 saturated carbocycles. The lowest BCUT2D eigenvalue weighted by Gasteiger charge is -2.38. The van der Waals surface area contributed by atoms with Crippen LogP contribution in [-0.4, -0.2) is 34.1 Å². The van der Waals surface area contributed by atoms with Gasteiger partial charge in [-0.05, 0) is 49.2 Å². The van der Waals surface area contributed by atoms with Crippen LogP contribution in [0.25, 0.3) is 0 Å². The smallest absolute Gasteiger partial charge is 0.416 e. The van der Waals surface area contributed by atoms with Gasteiger partial charge in [-0.3, -0.25) is 4.98 Å². The van der Waals surface area contributed by atoms with E-state index in [9.17, 15) is 18.0 Å². The summed E-state index contributed by atoms with van der Waals surface area (Å²) in [6.45, 7) is 0. The predicted octanol–water partition coefficient (Wildman–Crippen LogP) is 4.71. The van der Waals surface area contributed by atoms with Gasteiger partial charge >= 0.3 is 12.2 Å². The third kappa shape index (κ3) is 3.90. The molecule has 28 heavy (non-hydrogen) atoms. The van der Waals surface area contributed by atoms with Crippen molar-refractivity contribution < 1.29 is 22.7 Å². The van der Waals surface area contributed by atoms with Crippen molar-refractivity contribution in [3.63, 3.8) is 0 Å². The second-order valence-corrected chi connectivity index (χ2v) is 7.20. The third-order valence-corrected chi connectivity index (χ3v) is 5.32. The maximum Gasteiger partial charge on any atom is 0.416 e. The first kappa shape index (κ1) is 18.6. The molecule has 1 aromatic carbocycles. The number of fused-ring (bicyclic) bond motifs is 2. The van der Waals surface area contributed by atoms with E-state index in [0.29, 0.717) is 5.69 Å². The number of benzene rings is 1. The lowest BCUT2D eigenvalue weighted by atomic mass is 10.00. The summed E-state index contributed by atoms with van der Waals surface area (Å²) in [6.07, 6.45) is 2.25. The molecular weight excluding hydrogens is 371 g/mol. The molecule has 5 nitrogen and oxygen atoms in total. The van der Waals surface area contributed by atoms with E-state index in [1.165, 1.54) is 12.1 Å². The van der Waals surface area contributed by atoms with Gasteiger partial charge in [-0.25, -0.2) is 4.79 Å². The molecule has 2 aliphatic rings. The zero-order valence-corrected chi connectivity index (χ0v) is 15.0. The van der Waals surface area contributed by atoms with Crippen LogP contribution in [0.5, 0.6) is 5.75 Å². The van der Waals surface area contributed by atoms with E-state index in [1.54, 1.807) is 12.4 Å². The van der Waals surface area contributed by atoms with Crippen LogP contribution >= 0.6 is 0 Å². The minimum atomic E-state index is -4.39. The molecule has 2 aromatic rings. The Morgan fingerprint density at radius 2 is 1.79 bits per heavy atom. The number of ether oxygens (including phenoxy) is 1. The number of aromatic nitrogens is 1. The van der Waals surface area contributed by atoms with E-state index in [-0.39, 0.29) is 24.2 Å². The van der Waals surface area contributed by atoms with Crippen LogP contribution in [0, 0.1) is 0 Å². The average molecular weight is 391 g/mol. The number of carbonyl (C=O) groups is 1. The summed E-state index contributed by atoms with van der Waals surface area (Å²) in [5, 5.41) is 2.72. The molecule has 4 rings (SSSR count). The molecular formula is C20H20F3N3O2. The van der Waals surface area contributed by atoms with Crippen molar-refractivity contribution in [3.05, 3.63) is 54.4 Å². The lowest BCUT2D eigenvalue weighted by Crippen LogP contribution is -2.50. The maximum absolute atomic E-state index is 12.7. The van der Waals surface area contributed by atoms with E-state index in [1.807, 2.05) is 17.0 Å². The van der Waals surface area contributed by atoms with Crippen molar-refractivity contribution in [2.45, 2.75) is 50.0 Å². The zero-order valence-electron chi connectivity index (χ0n) is 15.0. The highest BCUT2D eigenvalue weighted by atomic mass is 19.4. The summed E-state index contributed by atoms with van der Waals surface area (Å²) in [7, 11) is 0. The van der Waals surface area contributed by atoms with Crippen molar-refractivity contribution in [1.29, 1.82) is 0 Å². The van der Waals surface area contributed by atoms with Gasteiger partial charge in [-0.2, -0.15) is 13.2 Å². The topological polar surface area (TPSA) is 54.5 Å². The Morgan fingerprint density at radius 1 is 1.11 bits per heavy atom. The van der Waals surface area contributed by atoms with E-state index in [4.69, 9.17) is 4.74 Å². The number of pyridine rings is 1. The normalized spacial score (nSPS) is 24.1. The molecule has 0 aliphatic carbocycles. The van der Waals surface area contributed by atoms with Gasteiger partial charge in [0.05, 0.1) is 11.8 Å². The van der Waals surface area contributed by atoms with Crippen LogP contribution in [0.3, 0.4) is 0 Å². The first-order chi connectivity index (χ1) is 13.4. The van der Waals surface area contributed by atoms with Gasteiger partial charge in [0.2, 0.25) is 0 Å². The summed E-state index contributed by atoms with van der Waals surface area (Å²) in [5.41, 5.74) is -0.384. The average Bonchev–Trinajstić information content (AvgIpc) is 2.93. The molecule has 3 heterocycles. The van der Waals surface area contributed by atoms with E-state index in [2.05, 4.69) is 10.3 Å². The molecule has 2 aliphatic heterocycles. The molecule has 2 fully saturated rings. The molecule has 8 heteroatoms. The number of carbonyl (C=O) groups excluding carboxylic acids is 1. The standard InChI is InChI=1S/C20H20F3N3O2/c21-20(22,23)13-3-5-14(6-4-13)25-19(27)26-15-7-8-16(26)11-18(10-15)28-17-2-1-9-24-12-17/h1-6,9,12,15-16,18H,7-8,10-11H2,(H,25,27). The molecule has 148 valence electrons. The molecule has 1 aromatic heterocycles. The Kier molecular flexibility index (Phi) is 4.87. The van der Waals surface area contributed by atoms with Crippen molar-refractivity contribution >= 4 is 11.7 Å². The van der Waals surface area contributed by atoms with Crippen LogP contribution in [0.2, 0.25) is 0 Å². The van der Waals surface area contributed by atoms with Gasteiger partial charge in [-0.1, -0.05) is 0 Å². The van der Waals surface area contributed by atoms with Crippen LogP contribution in [0.1, 0.15) is 31.2 Å². The fourth-order valence-electron chi connectivity index (χ4n) is 4.09. The van der Waals surface area contributed by atoms with Gasteiger partial charge in [-0.15, -0.1) is 0 Å². The number of halogens is 3. The molecule has 2 saturated heterocycles. The number of amides is 2. The lowest BCUT2D eigenvalue weighted by molar-refractivity contribution is -0.137. The summed E-state index contributed by atoms with van der Waals surface area (Å²) in [6, 6.07) is 8.03. The summed E-state index contributed by atoms with van der Waals surface area (Å²) in [4.78, 5) is 18.6. The highest BCUT2D eigenvalue weighted by Crippen LogP contribution is 2.38. The van der Waals surface area contributed by atoms with Crippen LogP contribution in [-0.2, 0) is 6.18 Å². The monoisotopic (exact) mass is 391 g/mol. The quantitative estimate of drug-likeness (QED) is 0.825. The van der Waals surface area contributed by atoms with Crippen LogP contribution in [0.4, 0.5) is 23.7 Å². The zero-order chi connectivity index (χ0) is 19.7. The molecule has 1 N–H and O–H groups in total. The van der Waals surface area contributed by atoms with Crippen molar-refractivity contribution in [2.75, 3.05) is 5.32 Å². The summed E-state index contributed by atoms with van der Waals surface area (Å²) < 4.78 is 44.0. The predicted molar refractivity (Wildman–Crippen MR) is 97.0 cm³/mol. The number of nitrogens with zero attached hydrogens (tertiary/aromatic N) is 2. The Bertz CT molecular complexity index is 813. The van der Waals surface area contributed by atoms with Gasteiger partial charge in [0.15, 0.2) is 0 Å². The first-order valence-corrected chi connectivity index (χ1v) is 9.23. The summed E-state index contributed by atoms with van der Waals surface area (Å²) in [5.74, 6) is 0.717. The van der Waals surface area contributed by atoms with Gasteiger partial charge in [0.1, 0.15) is 11.9 Å². The number of anilines is 1. The molecule has 0 radical (unpaired) electrons. The Balaban J connectivity index is 1.38. The fourth-order valence-corrected chi connectivity index (χ4v) is 4.09. The van der Waals surface area contributed by atoms with E-state index < -0.39 is 11.7 Å². The molecule has 2 amide bonds. The van der Waals surface area contributed by atoms with Crippen molar-refractivity contribution in [2.24, 2.45) is 0 Å². The number of rotatable bonds is 3. The Labute approximate surface area is 160 Å². The maximum atomic E-state index is 12.7.